The van der Waals surface area contributed by atoms with E-state index in [2.05, 4.69) is 30.4 Å². The standard InChI is InChI=1S/C28H34N2O3S2/c1-21-10-13-26(14-11-21)35(32,33)30(27-15-12-22(2)18-24(27)4)19-28(31)29-16-7-17-34-20-25-9-6-5-8-23(25)3/h5-6,8-15,18H,7,16-17,19-20H2,1-4H3,(H,29,31). The average Bonchev–Trinajstić information content (AvgIpc) is 2.81. The molecule has 186 valence electrons. The first-order valence-electron chi connectivity index (χ1n) is 11.7. The van der Waals surface area contributed by atoms with Crippen LogP contribution in [0, 0.1) is 27.7 Å². The molecule has 0 fully saturated rings. The molecular formula is C28H34N2O3S2. The third-order valence-corrected chi connectivity index (χ3v) is 8.69. The van der Waals surface area contributed by atoms with Crippen molar-refractivity contribution in [1.82, 2.24) is 5.32 Å². The number of sulfonamides is 1. The van der Waals surface area contributed by atoms with Crippen molar-refractivity contribution in [3.8, 4) is 0 Å². The Morgan fingerprint density at radius 1 is 0.886 bits per heavy atom. The van der Waals surface area contributed by atoms with Gasteiger partial charge in [-0.1, -0.05) is 59.7 Å². The first-order valence-corrected chi connectivity index (χ1v) is 14.3. The van der Waals surface area contributed by atoms with Crippen LogP contribution in [0.4, 0.5) is 5.69 Å². The van der Waals surface area contributed by atoms with Crippen molar-refractivity contribution in [2.45, 2.75) is 44.8 Å². The highest BCUT2D eigenvalue weighted by Gasteiger charge is 2.28. The van der Waals surface area contributed by atoms with E-state index < -0.39 is 10.0 Å². The van der Waals surface area contributed by atoms with Crippen molar-refractivity contribution in [3.05, 3.63) is 94.5 Å². The summed E-state index contributed by atoms with van der Waals surface area (Å²) in [4.78, 5) is 13.0. The van der Waals surface area contributed by atoms with Crippen LogP contribution in [0.15, 0.2) is 71.6 Å². The molecule has 3 aromatic carbocycles. The van der Waals surface area contributed by atoms with E-state index in [9.17, 15) is 13.2 Å². The number of hydrogen-bond acceptors (Lipinski definition) is 4. The SMILES string of the molecule is Cc1ccc(S(=O)(=O)N(CC(=O)NCCCSCc2ccccc2C)c2ccc(C)cc2C)cc1. The molecule has 7 heteroatoms. The highest BCUT2D eigenvalue weighted by atomic mass is 32.2. The van der Waals surface area contributed by atoms with Gasteiger partial charge in [0, 0.05) is 12.3 Å². The molecule has 0 aromatic heterocycles. The van der Waals surface area contributed by atoms with E-state index in [1.54, 1.807) is 30.3 Å². The lowest BCUT2D eigenvalue weighted by Crippen LogP contribution is -2.41. The summed E-state index contributed by atoms with van der Waals surface area (Å²) in [5.74, 6) is 1.54. The van der Waals surface area contributed by atoms with Crippen LogP contribution < -0.4 is 9.62 Å². The molecule has 0 aliphatic rings. The maximum Gasteiger partial charge on any atom is 0.264 e. The molecule has 0 saturated heterocycles. The number of nitrogens with zero attached hydrogens (tertiary/aromatic N) is 1. The predicted molar refractivity (Wildman–Crippen MR) is 147 cm³/mol. The van der Waals surface area contributed by atoms with Crippen LogP contribution >= 0.6 is 11.8 Å². The fraction of sp³-hybridized carbons (Fsp3) is 0.321. The minimum absolute atomic E-state index is 0.170. The Morgan fingerprint density at radius 2 is 1.57 bits per heavy atom. The lowest BCUT2D eigenvalue weighted by molar-refractivity contribution is -0.119. The molecule has 3 rings (SSSR count). The lowest BCUT2D eigenvalue weighted by Gasteiger charge is -2.26. The van der Waals surface area contributed by atoms with E-state index in [-0.39, 0.29) is 17.3 Å². The summed E-state index contributed by atoms with van der Waals surface area (Å²) in [6.45, 7) is 8.08. The Hall–Kier alpha value is -2.77. The number of rotatable bonds is 11. The van der Waals surface area contributed by atoms with Crippen LogP contribution in [0.3, 0.4) is 0 Å². The number of carbonyl (C=O) groups excluding carboxylic acids is 1. The Labute approximate surface area is 214 Å². The number of aryl methyl sites for hydroxylation is 4. The zero-order chi connectivity index (χ0) is 25.4. The van der Waals surface area contributed by atoms with Crippen molar-refractivity contribution in [2.24, 2.45) is 0 Å². The monoisotopic (exact) mass is 510 g/mol. The molecule has 0 spiro atoms. The van der Waals surface area contributed by atoms with Gasteiger partial charge in [0.25, 0.3) is 10.0 Å². The van der Waals surface area contributed by atoms with Crippen molar-refractivity contribution < 1.29 is 13.2 Å². The van der Waals surface area contributed by atoms with E-state index in [4.69, 9.17) is 0 Å². The quantitative estimate of drug-likeness (QED) is 0.343. The second kappa shape index (κ2) is 12.3. The first kappa shape index (κ1) is 26.8. The molecule has 35 heavy (non-hydrogen) atoms. The summed E-state index contributed by atoms with van der Waals surface area (Å²) in [5.41, 5.74) is 5.94. The molecule has 0 bridgehead atoms. The highest BCUT2D eigenvalue weighted by molar-refractivity contribution is 7.98. The molecular weight excluding hydrogens is 476 g/mol. The Kier molecular flexibility index (Phi) is 9.40. The third-order valence-electron chi connectivity index (χ3n) is 5.82. The molecule has 3 aromatic rings. The molecule has 5 nitrogen and oxygen atoms in total. The Balaban J connectivity index is 1.63. The number of hydrogen-bond donors (Lipinski definition) is 1. The van der Waals surface area contributed by atoms with E-state index in [1.165, 1.54) is 15.4 Å². The number of nitrogens with one attached hydrogen (secondary N) is 1. The van der Waals surface area contributed by atoms with Crippen molar-refractivity contribution in [1.29, 1.82) is 0 Å². The number of amides is 1. The summed E-state index contributed by atoms with van der Waals surface area (Å²) < 4.78 is 28.3. The van der Waals surface area contributed by atoms with Crippen LogP contribution in [0.25, 0.3) is 0 Å². The number of anilines is 1. The van der Waals surface area contributed by atoms with Gasteiger partial charge in [0.05, 0.1) is 10.6 Å². The number of thioether (sulfide) groups is 1. The topological polar surface area (TPSA) is 66.5 Å². The van der Waals surface area contributed by atoms with Crippen molar-refractivity contribution in [2.75, 3.05) is 23.1 Å². The van der Waals surface area contributed by atoms with E-state index in [1.807, 2.05) is 50.7 Å². The van der Waals surface area contributed by atoms with E-state index in [0.717, 1.165) is 34.6 Å². The van der Waals surface area contributed by atoms with E-state index in [0.29, 0.717) is 12.2 Å². The fourth-order valence-electron chi connectivity index (χ4n) is 3.76. The largest absolute Gasteiger partial charge is 0.354 e. The van der Waals surface area contributed by atoms with Crippen LogP contribution in [0.5, 0.6) is 0 Å². The second-order valence-corrected chi connectivity index (χ2v) is 11.8. The molecule has 1 N–H and O–H groups in total. The minimum Gasteiger partial charge on any atom is -0.354 e. The summed E-state index contributed by atoms with van der Waals surface area (Å²) in [5, 5.41) is 2.90. The molecule has 0 atom stereocenters. The first-order chi connectivity index (χ1) is 16.7. The second-order valence-electron chi connectivity index (χ2n) is 8.80. The fourth-order valence-corrected chi connectivity index (χ4v) is 6.29. The highest BCUT2D eigenvalue weighted by Crippen LogP contribution is 2.27. The van der Waals surface area contributed by atoms with Crippen molar-refractivity contribution in [3.63, 3.8) is 0 Å². The molecule has 1 amide bonds. The summed E-state index contributed by atoms with van der Waals surface area (Å²) in [7, 11) is -3.91. The van der Waals surface area contributed by atoms with Gasteiger partial charge in [0.15, 0.2) is 0 Å². The number of carbonyl (C=O) groups is 1. The molecule has 0 aliphatic heterocycles. The van der Waals surface area contributed by atoms with E-state index >= 15 is 0 Å². The van der Waals surface area contributed by atoms with Gasteiger partial charge in [-0.25, -0.2) is 8.42 Å². The lowest BCUT2D eigenvalue weighted by atomic mass is 10.1. The van der Waals surface area contributed by atoms with Crippen molar-refractivity contribution >= 4 is 33.4 Å². The molecule has 0 heterocycles. The zero-order valence-electron chi connectivity index (χ0n) is 20.9. The van der Waals surface area contributed by atoms with Gasteiger partial charge in [-0.15, -0.1) is 0 Å². The maximum absolute atomic E-state index is 13.5. The molecule has 0 unspecified atom stereocenters. The minimum atomic E-state index is -3.91. The zero-order valence-corrected chi connectivity index (χ0v) is 22.5. The summed E-state index contributed by atoms with van der Waals surface area (Å²) >= 11 is 1.83. The summed E-state index contributed by atoms with van der Waals surface area (Å²) in [6.07, 6.45) is 0.816. The van der Waals surface area contributed by atoms with Crippen LogP contribution in [0.1, 0.15) is 34.2 Å². The van der Waals surface area contributed by atoms with Gasteiger partial charge in [0.1, 0.15) is 6.54 Å². The predicted octanol–water partition coefficient (Wildman–Crippen LogP) is 5.56. The van der Waals surface area contributed by atoms with Gasteiger partial charge >= 0.3 is 0 Å². The van der Waals surface area contributed by atoms with Gasteiger partial charge in [0.2, 0.25) is 5.91 Å². The average molecular weight is 511 g/mol. The molecule has 0 radical (unpaired) electrons. The van der Waals surface area contributed by atoms with Gasteiger partial charge in [-0.3, -0.25) is 9.10 Å². The van der Waals surface area contributed by atoms with Gasteiger partial charge in [-0.05, 0) is 74.8 Å². The maximum atomic E-state index is 13.5. The Bertz CT molecular complexity index is 1260. The number of benzene rings is 3. The summed E-state index contributed by atoms with van der Waals surface area (Å²) in [6, 6.07) is 20.6. The van der Waals surface area contributed by atoms with Gasteiger partial charge < -0.3 is 5.32 Å². The Morgan fingerprint density at radius 3 is 2.26 bits per heavy atom. The van der Waals surface area contributed by atoms with Gasteiger partial charge in [-0.2, -0.15) is 11.8 Å². The van der Waals surface area contributed by atoms with Crippen LogP contribution in [0.2, 0.25) is 0 Å². The third kappa shape index (κ3) is 7.36. The van der Waals surface area contributed by atoms with Crippen LogP contribution in [-0.2, 0) is 20.6 Å². The molecule has 0 saturated carbocycles. The molecule has 0 aliphatic carbocycles. The normalized spacial score (nSPS) is 11.3. The smallest absolute Gasteiger partial charge is 0.264 e. The van der Waals surface area contributed by atoms with Crippen LogP contribution in [-0.4, -0.2) is 33.2 Å².